The highest BCUT2D eigenvalue weighted by atomic mass is 32.7. The van der Waals surface area contributed by atoms with Gasteiger partial charge < -0.3 is 4.52 Å². The Bertz CT molecular complexity index is 1210. The number of carbonyl (C=O) groups is 2. The van der Waals surface area contributed by atoms with Gasteiger partial charge in [-0.05, 0) is 37.1 Å². The van der Waals surface area contributed by atoms with Crippen LogP contribution in [0.5, 0.6) is 5.75 Å². The lowest BCUT2D eigenvalue weighted by Gasteiger charge is -2.27. The summed E-state index contributed by atoms with van der Waals surface area (Å²) >= 11 is 1.32. The van der Waals surface area contributed by atoms with E-state index >= 15 is 0 Å². The normalized spacial score (nSPS) is 18.9. The van der Waals surface area contributed by atoms with Gasteiger partial charge in [0.1, 0.15) is 5.75 Å². The Morgan fingerprint density at radius 1 is 0.742 bits per heavy atom. The summed E-state index contributed by atoms with van der Waals surface area (Å²) in [5.41, 5.74) is 2.84. The highest BCUT2D eigenvalue weighted by molar-refractivity contribution is 8.58. The van der Waals surface area contributed by atoms with E-state index in [2.05, 4.69) is 0 Å². The standard InChI is InChI=1S/C24H20NO4PS/c26-23-19-11-1-2-12-20(19)24(27)25(23)15-7-8-16-31-30(28)22-14-6-4-10-18(22)17-9-3-5-13-21(17)29-30/h1-6,9-14H,7-8,15-16H2. The first-order valence-corrected chi connectivity index (χ1v) is 13.4. The van der Waals surface area contributed by atoms with Gasteiger partial charge in [0.05, 0.1) is 16.4 Å². The van der Waals surface area contributed by atoms with E-state index in [1.807, 2.05) is 48.5 Å². The van der Waals surface area contributed by atoms with Gasteiger partial charge in [0.25, 0.3) is 11.8 Å². The lowest BCUT2D eigenvalue weighted by atomic mass is 10.0. The van der Waals surface area contributed by atoms with Gasteiger partial charge in [0.15, 0.2) is 0 Å². The Balaban J connectivity index is 1.22. The van der Waals surface area contributed by atoms with Crippen LogP contribution in [-0.4, -0.2) is 29.0 Å². The van der Waals surface area contributed by atoms with Crippen LogP contribution in [0.2, 0.25) is 0 Å². The van der Waals surface area contributed by atoms with Crippen molar-refractivity contribution in [3.63, 3.8) is 0 Å². The van der Waals surface area contributed by atoms with Crippen molar-refractivity contribution in [3.8, 4) is 16.9 Å². The van der Waals surface area contributed by atoms with Crippen LogP contribution in [0.3, 0.4) is 0 Å². The topological polar surface area (TPSA) is 63.7 Å². The smallest absolute Gasteiger partial charge is 0.333 e. The van der Waals surface area contributed by atoms with Crippen LogP contribution in [0.4, 0.5) is 0 Å². The molecule has 0 fully saturated rings. The third-order valence-corrected chi connectivity index (χ3v) is 10.1. The van der Waals surface area contributed by atoms with E-state index in [0.29, 0.717) is 35.6 Å². The van der Waals surface area contributed by atoms with Crippen LogP contribution in [-0.2, 0) is 4.57 Å². The largest absolute Gasteiger partial charge is 0.432 e. The van der Waals surface area contributed by atoms with Gasteiger partial charge in [0, 0.05) is 23.4 Å². The fourth-order valence-electron chi connectivity index (χ4n) is 3.98. The zero-order valence-electron chi connectivity index (χ0n) is 16.7. The molecule has 0 bridgehead atoms. The van der Waals surface area contributed by atoms with Crippen molar-refractivity contribution in [2.75, 3.05) is 12.3 Å². The van der Waals surface area contributed by atoms with Crippen molar-refractivity contribution < 1.29 is 18.7 Å². The molecule has 2 aliphatic heterocycles. The minimum atomic E-state index is -3.10. The molecule has 5 nitrogen and oxygen atoms in total. The molecular formula is C24H20NO4PS. The monoisotopic (exact) mass is 449 g/mol. The lowest BCUT2D eigenvalue weighted by molar-refractivity contribution is 0.0652. The summed E-state index contributed by atoms with van der Waals surface area (Å²) in [7, 11) is 0. The Morgan fingerprint density at radius 3 is 2.03 bits per heavy atom. The number of hydrogen-bond donors (Lipinski definition) is 0. The molecule has 2 aliphatic rings. The van der Waals surface area contributed by atoms with E-state index in [9.17, 15) is 14.2 Å². The van der Waals surface area contributed by atoms with Crippen molar-refractivity contribution in [2.45, 2.75) is 12.8 Å². The first-order chi connectivity index (χ1) is 15.1. The molecule has 0 aromatic heterocycles. The van der Waals surface area contributed by atoms with E-state index in [1.165, 1.54) is 16.3 Å². The summed E-state index contributed by atoms with van der Waals surface area (Å²) in [6.07, 6.45) is 1.37. The molecule has 5 rings (SSSR count). The summed E-state index contributed by atoms with van der Waals surface area (Å²) in [6.45, 7) is -2.75. The second-order valence-electron chi connectivity index (χ2n) is 7.45. The quantitative estimate of drug-likeness (QED) is 0.287. The molecule has 1 unspecified atom stereocenters. The summed E-state index contributed by atoms with van der Waals surface area (Å²) in [4.78, 5) is 26.2. The van der Waals surface area contributed by atoms with Crippen LogP contribution in [0, 0.1) is 0 Å². The lowest BCUT2D eigenvalue weighted by Crippen LogP contribution is -2.30. The Hall–Kier alpha value is -2.82. The first-order valence-electron chi connectivity index (χ1n) is 10.2. The average Bonchev–Trinajstić information content (AvgIpc) is 3.04. The maximum absolute atomic E-state index is 13.7. The van der Waals surface area contributed by atoms with Crippen LogP contribution >= 0.6 is 18.0 Å². The van der Waals surface area contributed by atoms with Gasteiger partial charge in [-0.25, -0.2) is 0 Å². The molecule has 2 heterocycles. The number of amides is 2. The number of imide groups is 1. The molecule has 31 heavy (non-hydrogen) atoms. The molecular weight excluding hydrogens is 429 g/mol. The number of rotatable bonds is 6. The highest BCUT2D eigenvalue weighted by Gasteiger charge is 2.37. The van der Waals surface area contributed by atoms with Gasteiger partial charge in [0.2, 0.25) is 0 Å². The zero-order valence-corrected chi connectivity index (χ0v) is 18.4. The fraction of sp³-hybridized carbons (Fsp3) is 0.167. The number of fused-ring (bicyclic) bond motifs is 4. The molecule has 3 aromatic carbocycles. The summed E-state index contributed by atoms with van der Waals surface area (Å²) < 4.78 is 19.7. The Kier molecular flexibility index (Phi) is 5.20. The van der Waals surface area contributed by atoms with E-state index in [4.69, 9.17) is 4.52 Å². The van der Waals surface area contributed by atoms with Crippen LogP contribution in [0.15, 0.2) is 72.8 Å². The van der Waals surface area contributed by atoms with Gasteiger partial charge in [-0.3, -0.25) is 19.1 Å². The number of benzene rings is 3. The van der Waals surface area contributed by atoms with Crippen molar-refractivity contribution in [1.29, 1.82) is 0 Å². The number of unbranched alkanes of at least 4 members (excludes halogenated alkanes) is 1. The van der Waals surface area contributed by atoms with E-state index < -0.39 is 6.57 Å². The SMILES string of the molecule is O=C1c2ccccc2C(=O)N1CCCCSP1(=O)Oc2ccccc2-c2ccccc21. The van der Waals surface area contributed by atoms with Crippen molar-refractivity contribution in [1.82, 2.24) is 4.90 Å². The predicted octanol–water partition coefficient (Wildman–Crippen LogP) is 5.37. The molecule has 3 aromatic rings. The van der Waals surface area contributed by atoms with E-state index in [0.717, 1.165) is 22.9 Å². The van der Waals surface area contributed by atoms with Crippen LogP contribution in [0.1, 0.15) is 33.6 Å². The number of carbonyl (C=O) groups excluding carboxylic acids is 2. The Labute approximate surface area is 184 Å². The fourth-order valence-corrected chi connectivity index (χ4v) is 8.43. The maximum Gasteiger partial charge on any atom is 0.333 e. The van der Waals surface area contributed by atoms with Gasteiger partial charge in [-0.1, -0.05) is 59.9 Å². The van der Waals surface area contributed by atoms with Gasteiger partial charge in [-0.2, -0.15) is 0 Å². The third kappa shape index (κ3) is 3.50. The third-order valence-electron chi connectivity index (χ3n) is 5.51. The molecule has 0 saturated carbocycles. The maximum atomic E-state index is 13.7. The zero-order chi connectivity index (χ0) is 21.4. The van der Waals surface area contributed by atoms with Crippen molar-refractivity contribution >= 4 is 35.1 Å². The van der Waals surface area contributed by atoms with Crippen LogP contribution < -0.4 is 9.83 Å². The number of nitrogens with zero attached hydrogens (tertiary/aromatic N) is 1. The predicted molar refractivity (Wildman–Crippen MR) is 123 cm³/mol. The number of para-hydroxylation sites is 1. The number of hydrogen-bond acceptors (Lipinski definition) is 5. The van der Waals surface area contributed by atoms with Gasteiger partial charge in [-0.15, -0.1) is 0 Å². The molecule has 0 radical (unpaired) electrons. The van der Waals surface area contributed by atoms with E-state index in [1.54, 1.807) is 24.3 Å². The molecule has 1 atom stereocenters. The molecule has 0 N–H and O–H groups in total. The second kappa shape index (κ2) is 8.03. The Morgan fingerprint density at radius 2 is 1.32 bits per heavy atom. The summed E-state index contributed by atoms with van der Waals surface area (Å²) in [5.74, 6) is 0.782. The van der Waals surface area contributed by atoms with Crippen molar-refractivity contribution in [2.24, 2.45) is 0 Å². The first kappa shape index (κ1) is 20.1. The molecule has 0 spiro atoms. The van der Waals surface area contributed by atoms with Crippen LogP contribution in [0.25, 0.3) is 11.1 Å². The summed E-state index contributed by atoms with van der Waals surface area (Å²) in [5, 5.41) is 0.735. The molecule has 156 valence electrons. The second-order valence-corrected chi connectivity index (χ2v) is 12.0. The summed E-state index contributed by atoms with van der Waals surface area (Å²) in [6, 6.07) is 22.2. The average molecular weight is 449 g/mol. The minimum absolute atomic E-state index is 0.234. The van der Waals surface area contributed by atoms with E-state index in [-0.39, 0.29) is 11.8 Å². The molecule has 0 aliphatic carbocycles. The molecule has 2 amide bonds. The van der Waals surface area contributed by atoms with Gasteiger partial charge >= 0.3 is 6.57 Å². The molecule has 7 heteroatoms. The minimum Gasteiger partial charge on any atom is -0.432 e. The van der Waals surface area contributed by atoms with Crippen molar-refractivity contribution in [3.05, 3.63) is 83.9 Å². The molecule has 0 saturated heterocycles. The highest BCUT2D eigenvalue weighted by Crippen LogP contribution is 2.63.